The molecule has 1 aliphatic rings. The van der Waals surface area contributed by atoms with E-state index in [4.69, 9.17) is 9.47 Å². The Labute approximate surface area is 142 Å². The molecule has 6 nitrogen and oxygen atoms in total. The average molecular weight is 341 g/mol. The van der Waals surface area contributed by atoms with Crippen LogP contribution < -0.4 is 15.0 Å². The van der Waals surface area contributed by atoms with Crippen LogP contribution in [-0.2, 0) is 0 Å². The number of aryl methyl sites for hydroxylation is 3. The van der Waals surface area contributed by atoms with Gasteiger partial charge in [0.1, 0.15) is 10.7 Å². The first kappa shape index (κ1) is 14.9. The van der Waals surface area contributed by atoms with Crippen molar-refractivity contribution >= 4 is 27.8 Å². The fraction of sp³-hybridized carbons (Fsp3) is 0.235. The smallest absolute Gasteiger partial charge is 0.283 e. The number of rotatable bonds is 2. The highest BCUT2D eigenvalue weighted by atomic mass is 32.1. The van der Waals surface area contributed by atoms with Gasteiger partial charge in [0.2, 0.25) is 6.79 Å². The van der Waals surface area contributed by atoms with Gasteiger partial charge in [-0.1, -0.05) is 0 Å². The van der Waals surface area contributed by atoms with Gasteiger partial charge >= 0.3 is 0 Å². The van der Waals surface area contributed by atoms with Crippen LogP contribution in [0, 0.1) is 20.8 Å². The Morgan fingerprint density at radius 3 is 2.88 bits per heavy atom. The van der Waals surface area contributed by atoms with Gasteiger partial charge in [-0.25, -0.2) is 4.98 Å². The number of ether oxygens (including phenoxy) is 2. The summed E-state index contributed by atoms with van der Waals surface area (Å²) in [5, 5.41) is 4.97. The van der Waals surface area contributed by atoms with E-state index >= 15 is 0 Å². The Balaban J connectivity index is 1.79. The molecule has 3 aromatic rings. The molecule has 0 fully saturated rings. The van der Waals surface area contributed by atoms with E-state index in [2.05, 4.69) is 10.1 Å². The third-order valence-corrected chi connectivity index (χ3v) is 5.16. The zero-order valence-electron chi connectivity index (χ0n) is 13.5. The minimum atomic E-state index is -0.142. The van der Waals surface area contributed by atoms with Crippen LogP contribution >= 0.6 is 11.3 Å². The van der Waals surface area contributed by atoms with Crippen molar-refractivity contribution in [2.24, 2.45) is 5.10 Å². The van der Waals surface area contributed by atoms with Crippen LogP contribution in [0.15, 0.2) is 28.1 Å². The second-order valence-corrected chi connectivity index (χ2v) is 6.80. The predicted octanol–water partition coefficient (Wildman–Crippen LogP) is 2.99. The van der Waals surface area contributed by atoms with E-state index in [1.54, 1.807) is 13.1 Å². The van der Waals surface area contributed by atoms with Gasteiger partial charge in [0, 0.05) is 4.88 Å². The lowest BCUT2D eigenvalue weighted by Crippen LogP contribution is -2.20. The second-order valence-electron chi connectivity index (χ2n) is 5.60. The number of hydrogen-bond donors (Lipinski definition) is 0. The molecule has 3 heterocycles. The van der Waals surface area contributed by atoms with Crippen LogP contribution in [0.5, 0.6) is 11.5 Å². The van der Waals surface area contributed by atoms with E-state index in [-0.39, 0.29) is 12.4 Å². The molecule has 0 spiro atoms. The minimum Gasteiger partial charge on any atom is -0.454 e. The summed E-state index contributed by atoms with van der Waals surface area (Å²) in [6.07, 6.45) is 1.62. The van der Waals surface area contributed by atoms with Crippen molar-refractivity contribution < 1.29 is 9.47 Å². The molecule has 0 radical (unpaired) electrons. The van der Waals surface area contributed by atoms with E-state index in [0.717, 1.165) is 20.8 Å². The molecule has 1 aromatic carbocycles. The number of aromatic nitrogens is 2. The van der Waals surface area contributed by atoms with Crippen molar-refractivity contribution in [3.05, 3.63) is 50.4 Å². The molecule has 0 atom stereocenters. The summed E-state index contributed by atoms with van der Waals surface area (Å²) in [6, 6.07) is 5.52. The van der Waals surface area contributed by atoms with E-state index in [9.17, 15) is 4.79 Å². The van der Waals surface area contributed by atoms with Crippen LogP contribution in [-0.4, -0.2) is 22.7 Å². The maximum Gasteiger partial charge on any atom is 0.283 e. The van der Waals surface area contributed by atoms with E-state index < -0.39 is 0 Å². The van der Waals surface area contributed by atoms with Gasteiger partial charge in [-0.05, 0) is 50.1 Å². The summed E-state index contributed by atoms with van der Waals surface area (Å²) in [6.45, 7) is 5.95. The molecule has 0 saturated carbocycles. The highest BCUT2D eigenvalue weighted by molar-refractivity contribution is 7.18. The van der Waals surface area contributed by atoms with Crippen molar-refractivity contribution in [2.45, 2.75) is 20.8 Å². The standard InChI is InChI=1S/C17H15N3O3S/c1-9-10(2)24-16-15(9)17(21)20(11(3)19-16)18-7-12-4-5-13-14(6-12)23-8-22-13/h4-7H,8H2,1-3H3/b18-7-. The molecule has 4 rings (SSSR count). The molecule has 0 saturated heterocycles. The average Bonchev–Trinajstić information content (AvgIpc) is 3.11. The van der Waals surface area contributed by atoms with Gasteiger partial charge in [0.05, 0.1) is 11.6 Å². The van der Waals surface area contributed by atoms with Crippen molar-refractivity contribution in [3.8, 4) is 11.5 Å². The molecule has 24 heavy (non-hydrogen) atoms. The summed E-state index contributed by atoms with van der Waals surface area (Å²) < 4.78 is 12.0. The molecule has 0 N–H and O–H groups in total. The summed E-state index contributed by atoms with van der Waals surface area (Å²) >= 11 is 1.54. The summed E-state index contributed by atoms with van der Waals surface area (Å²) in [4.78, 5) is 19.1. The molecular weight excluding hydrogens is 326 g/mol. The predicted molar refractivity (Wildman–Crippen MR) is 93.6 cm³/mol. The lowest BCUT2D eigenvalue weighted by molar-refractivity contribution is 0.174. The maximum atomic E-state index is 12.8. The molecular formula is C17H15N3O3S. The first-order valence-electron chi connectivity index (χ1n) is 7.48. The number of nitrogens with zero attached hydrogens (tertiary/aromatic N) is 3. The number of fused-ring (bicyclic) bond motifs is 2. The minimum absolute atomic E-state index is 0.142. The van der Waals surface area contributed by atoms with Crippen molar-refractivity contribution in [3.63, 3.8) is 0 Å². The molecule has 0 unspecified atom stereocenters. The van der Waals surface area contributed by atoms with Gasteiger partial charge in [-0.3, -0.25) is 4.79 Å². The third-order valence-electron chi connectivity index (χ3n) is 4.06. The SMILES string of the molecule is Cc1sc2nc(C)n(/N=C\c3ccc4c(c3)OCO4)c(=O)c2c1C. The zero-order valence-corrected chi connectivity index (χ0v) is 14.3. The van der Waals surface area contributed by atoms with Crippen molar-refractivity contribution in [1.82, 2.24) is 9.66 Å². The van der Waals surface area contributed by atoms with Crippen LogP contribution in [0.25, 0.3) is 10.2 Å². The molecule has 0 bridgehead atoms. The largest absolute Gasteiger partial charge is 0.454 e. The molecule has 7 heteroatoms. The number of thiophene rings is 1. The molecule has 0 amide bonds. The Morgan fingerprint density at radius 1 is 1.25 bits per heavy atom. The Hall–Kier alpha value is -2.67. The molecule has 1 aliphatic heterocycles. The highest BCUT2D eigenvalue weighted by Crippen LogP contribution is 2.32. The topological polar surface area (TPSA) is 65.7 Å². The Bertz CT molecular complexity index is 1050. The second kappa shape index (κ2) is 5.45. The van der Waals surface area contributed by atoms with Gasteiger partial charge in [0.25, 0.3) is 5.56 Å². The fourth-order valence-corrected chi connectivity index (χ4v) is 3.71. The van der Waals surface area contributed by atoms with Crippen LogP contribution in [0.2, 0.25) is 0 Å². The summed E-state index contributed by atoms with van der Waals surface area (Å²) in [5.41, 5.74) is 1.65. The van der Waals surface area contributed by atoms with Gasteiger partial charge < -0.3 is 9.47 Å². The lowest BCUT2D eigenvalue weighted by Gasteiger charge is -2.03. The van der Waals surface area contributed by atoms with Gasteiger partial charge in [-0.15, -0.1) is 11.3 Å². The van der Waals surface area contributed by atoms with Gasteiger partial charge in [-0.2, -0.15) is 9.78 Å². The van der Waals surface area contributed by atoms with Crippen LogP contribution in [0.4, 0.5) is 0 Å². The van der Waals surface area contributed by atoms with Crippen LogP contribution in [0.1, 0.15) is 21.8 Å². The first-order valence-corrected chi connectivity index (χ1v) is 8.29. The molecule has 122 valence electrons. The number of benzene rings is 1. The maximum absolute atomic E-state index is 12.8. The third kappa shape index (κ3) is 2.28. The Morgan fingerprint density at radius 2 is 2.04 bits per heavy atom. The van der Waals surface area contributed by atoms with E-state index in [0.29, 0.717) is 22.7 Å². The fourth-order valence-electron chi connectivity index (χ4n) is 2.64. The normalized spacial score (nSPS) is 13.3. The summed E-state index contributed by atoms with van der Waals surface area (Å²) in [7, 11) is 0. The monoisotopic (exact) mass is 341 g/mol. The lowest BCUT2D eigenvalue weighted by atomic mass is 10.2. The summed E-state index contributed by atoms with van der Waals surface area (Å²) in [5.74, 6) is 1.96. The highest BCUT2D eigenvalue weighted by Gasteiger charge is 2.15. The molecule has 2 aromatic heterocycles. The van der Waals surface area contributed by atoms with Crippen LogP contribution in [0.3, 0.4) is 0 Å². The Kier molecular flexibility index (Phi) is 3.38. The number of hydrogen-bond acceptors (Lipinski definition) is 6. The van der Waals surface area contributed by atoms with E-state index in [1.807, 2.05) is 32.0 Å². The van der Waals surface area contributed by atoms with Crippen molar-refractivity contribution in [1.29, 1.82) is 0 Å². The van der Waals surface area contributed by atoms with Crippen molar-refractivity contribution in [2.75, 3.05) is 6.79 Å². The quantitative estimate of drug-likeness (QED) is 0.672. The zero-order chi connectivity index (χ0) is 16.8. The van der Waals surface area contributed by atoms with E-state index in [1.165, 1.54) is 16.0 Å². The van der Waals surface area contributed by atoms with Gasteiger partial charge in [0.15, 0.2) is 11.5 Å². The first-order chi connectivity index (χ1) is 11.5. The molecule has 0 aliphatic carbocycles.